The number of rotatable bonds is 5. The number of halogens is 1. The van der Waals surface area contributed by atoms with Crippen LogP contribution in [-0.4, -0.2) is 27.1 Å². The summed E-state index contributed by atoms with van der Waals surface area (Å²) in [6.07, 6.45) is 1.09. The third-order valence-electron chi connectivity index (χ3n) is 3.45. The maximum Gasteiger partial charge on any atom is 0.245 e. The first kappa shape index (κ1) is 18.5. The molecule has 0 aliphatic carbocycles. The number of benzene rings is 2. The SMILES string of the molecule is Cc1ccc(N(CC(=O)Nc2ccc(Br)c(C)c2)S(C)(=O)=O)cc1. The van der Waals surface area contributed by atoms with Crippen LogP contribution in [0.3, 0.4) is 0 Å². The van der Waals surface area contributed by atoms with Gasteiger partial charge in [-0.05, 0) is 49.7 Å². The zero-order chi connectivity index (χ0) is 17.9. The standard InChI is InChI=1S/C17H19BrN2O3S/c1-12-4-7-15(8-5-12)20(24(3,22)23)11-17(21)19-14-6-9-16(18)13(2)10-14/h4-10H,11H2,1-3H3,(H,19,21). The lowest BCUT2D eigenvalue weighted by Gasteiger charge is -2.22. The molecule has 2 aromatic rings. The minimum absolute atomic E-state index is 0.281. The molecule has 0 bridgehead atoms. The van der Waals surface area contributed by atoms with Crippen molar-refractivity contribution in [1.82, 2.24) is 0 Å². The second-order valence-corrected chi connectivity index (χ2v) is 8.38. The zero-order valence-corrected chi connectivity index (χ0v) is 16.1. The van der Waals surface area contributed by atoms with Crippen molar-refractivity contribution in [3.05, 3.63) is 58.1 Å². The van der Waals surface area contributed by atoms with E-state index in [1.54, 1.807) is 18.2 Å². The number of hydrogen-bond acceptors (Lipinski definition) is 3. The maximum absolute atomic E-state index is 12.3. The molecule has 0 saturated heterocycles. The second-order valence-electron chi connectivity index (χ2n) is 5.62. The predicted molar refractivity (Wildman–Crippen MR) is 101 cm³/mol. The first-order valence-corrected chi connectivity index (χ1v) is 9.91. The average Bonchev–Trinajstić information content (AvgIpc) is 2.49. The van der Waals surface area contributed by atoms with E-state index in [0.717, 1.165) is 26.2 Å². The molecule has 0 aliphatic heterocycles. The van der Waals surface area contributed by atoms with Crippen molar-refractivity contribution in [1.29, 1.82) is 0 Å². The molecule has 0 heterocycles. The summed E-state index contributed by atoms with van der Waals surface area (Å²) in [5, 5.41) is 2.73. The Labute approximate surface area is 150 Å². The molecule has 0 atom stereocenters. The van der Waals surface area contributed by atoms with Crippen LogP contribution in [0.15, 0.2) is 46.9 Å². The lowest BCUT2D eigenvalue weighted by atomic mass is 10.2. The molecule has 24 heavy (non-hydrogen) atoms. The van der Waals surface area contributed by atoms with Crippen LogP contribution >= 0.6 is 15.9 Å². The number of carbonyl (C=O) groups is 1. The van der Waals surface area contributed by atoms with Crippen molar-refractivity contribution in [3.63, 3.8) is 0 Å². The summed E-state index contributed by atoms with van der Waals surface area (Å²) in [6.45, 7) is 3.54. The summed E-state index contributed by atoms with van der Waals surface area (Å²) >= 11 is 3.40. The number of nitrogens with one attached hydrogen (secondary N) is 1. The molecule has 2 aromatic carbocycles. The summed E-state index contributed by atoms with van der Waals surface area (Å²) in [4.78, 5) is 12.3. The maximum atomic E-state index is 12.3. The summed E-state index contributed by atoms with van der Waals surface area (Å²) in [5.41, 5.74) is 3.08. The first-order valence-electron chi connectivity index (χ1n) is 7.27. The number of aryl methyl sites for hydroxylation is 2. The fourth-order valence-electron chi connectivity index (χ4n) is 2.16. The Morgan fingerprint density at radius 1 is 1.12 bits per heavy atom. The van der Waals surface area contributed by atoms with Crippen LogP contribution < -0.4 is 9.62 Å². The highest BCUT2D eigenvalue weighted by molar-refractivity contribution is 9.10. The Morgan fingerprint density at radius 3 is 2.29 bits per heavy atom. The topological polar surface area (TPSA) is 66.5 Å². The third-order valence-corrected chi connectivity index (χ3v) is 5.48. The molecule has 1 amide bonds. The van der Waals surface area contributed by atoms with Crippen molar-refractivity contribution >= 4 is 43.2 Å². The molecule has 2 rings (SSSR count). The van der Waals surface area contributed by atoms with Crippen LogP contribution in [0.1, 0.15) is 11.1 Å². The Bertz CT molecular complexity index is 849. The van der Waals surface area contributed by atoms with E-state index >= 15 is 0 Å². The van der Waals surface area contributed by atoms with E-state index in [-0.39, 0.29) is 6.54 Å². The number of carbonyl (C=O) groups excluding carboxylic acids is 1. The van der Waals surface area contributed by atoms with Crippen LogP contribution in [0.2, 0.25) is 0 Å². The number of nitrogens with zero attached hydrogens (tertiary/aromatic N) is 1. The first-order chi connectivity index (χ1) is 11.2. The Kier molecular flexibility index (Phi) is 5.66. The third kappa shape index (κ3) is 4.82. The Morgan fingerprint density at radius 2 is 1.75 bits per heavy atom. The van der Waals surface area contributed by atoms with Crippen molar-refractivity contribution in [2.24, 2.45) is 0 Å². The van der Waals surface area contributed by atoms with E-state index < -0.39 is 15.9 Å². The molecule has 0 aromatic heterocycles. The van der Waals surface area contributed by atoms with Crippen molar-refractivity contribution in [3.8, 4) is 0 Å². The Balaban J connectivity index is 2.18. The Hall–Kier alpha value is -1.86. The highest BCUT2D eigenvalue weighted by Crippen LogP contribution is 2.21. The minimum atomic E-state index is -3.57. The molecule has 0 saturated carbocycles. The van der Waals surface area contributed by atoms with Gasteiger partial charge in [0.15, 0.2) is 0 Å². The van der Waals surface area contributed by atoms with Gasteiger partial charge >= 0.3 is 0 Å². The molecule has 5 nitrogen and oxygen atoms in total. The number of amides is 1. The van der Waals surface area contributed by atoms with Crippen LogP contribution in [0.25, 0.3) is 0 Å². The predicted octanol–water partition coefficient (Wildman–Crippen LogP) is 3.47. The summed E-state index contributed by atoms with van der Waals surface area (Å²) < 4.78 is 26.1. The van der Waals surface area contributed by atoms with E-state index in [1.165, 1.54) is 0 Å². The average molecular weight is 411 g/mol. The molecule has 0 radical (unpaired) electrons. The van der Waals surface area contributed by atoms with Gasteiger partial charge in [-0.2, -0.15) is 0 Å². The lowest BCUT2D eigenvalue weighted by Crippen LogP contribution is -2.37. The zero-order valence-electron chi connectivity index (χ0n) is 13.7. The fourth-order valence-corrected chi connectivity index (χ4v) is 3.27. The largest absolute Gasteiger partial charge is 0.325 e. The summed E-state index contributed by atoms with van der Waals surface area (Å²) in [5.74, 6) is -0.400. The van der Waals surface area contributed by atoms with Gasteiger partial charge in [-0.15, -0.1) is 0 Å². The van der Waals surface area contributed by atoms with Gasteiger partial charge in [0.1, 0.15) is 6.54 Å². The lowest BCUT2D eigenvalue weighted by molar-refractivity contribution is -0.114. The van der Waals surface area contributed by atoms with Crippen LogP contribution in [-0.2, 0) is 14.8 Å². The van der Waals surface area contributed by atoms with Gasteiger partial charge in [-0.3, -0.25) is 9.10 Å². The highest BCUT2D eigenvalue weighted by Gasteiger charge is 2.20. The number of anilines is 2. The van der Waals surface area contributed by atoms with Crippen molar-refractivity contribution < 1.29 is 13.2 Å². The molecule has 128 valence electrons. The molecule has 1 N–H and O–H groups in total. The molecular weight excluding hydrogens is 392 g/mol. The van der Waals surface area contributed by atoms with E-state index in [9.17, 15) is 13.2 Å². The summed E-state index contributed by atoms with van der Waals surface area (Å²) in [6, 6.07) is 12.4. The van der Waals surface area contributed by atoms with Crippen LogP contribution in [0.5, 0.6) is 0 Å². The van der Waals surface area contributed by atoms with Crippen LogP contribution in [0.4, 0.5) is 11.4 Å². The number of hydrogen-bond donors (Lipinski definition) is 1. The van der Waals surface area contributed by atoms with Gasteiger partial charge in [-0.25, -0.2) is 8.42 Å². The number of sulfonamides is 1. The van der Waals surface area contributed by atoms with Gasteiger partial charge in [0, 0.05) is 10.2 Å². The second kappa shape index (κ2) is 7.36. The van der Waals surface area contributed by atoms with Gasteiger partial charge in [-0.1, -0.05) is 33.6 Å². The van der Waals surface area contributed by atoms with Crippen molar-refractivity contribution in [2.75, 3.05) is 22.4 Å². The molecular formula is C17H19BrN2O3S. The molecule has 0 aliphatic rings. The van der Waals surface area contributed by atoms with Crippen molar-refractivity contribution in [2.45, 2.75) is 13.8 Å². The van der Waals surface area contributed by atoms with Gasteiger partial charge in [0.2, 0.25) is 15.9 Å². The smallest absolute Gasteiger partial charge is 0.245 e. The van der Waals surface area contributed by atoms with E-state index in [0.29, 0.717) is 11.4 Å². The minimum Gasteiger partial charge on any atom is -0.325 e. The van der Waals surface area contributed by atoms with Gasteiger partial charge < -0.3 is 5.32 Å². The highest BCUT2D eigenvalue weighted by atomic mass is 79.9. The normalized spacial score (nSPS) is 11.2. The van der Waals surface area contributed by atoms with Gasteiger partial charge in [0.25, 0.3) is 0 Å². The van der Waals surface area contributed by atoms with E-state index in [4.69, 9.17) is 0 Å². The molecule has 0 spiro atoms. The summed E-state index contributed by atoms with van der Waals surface area (Å²) in [7, 11) is -3.57. The molecule has 0 unspecified atom stereocenters. The monoisotopic (exact) mass is 410 g/mol. The van der Waals surface area contributed by atoms with E-state index in [2.05, 4.69) is 21.2 Å². The quantitative estimate of drug-likeness (QED) is 0.820. The van der Waals surface area contributed by atoms with E-state index in [1.807, 2.05) is 38.1 Å². The van der Waals surface area contributed by atoms with Gasteiger partial charge in [0.05, 0.1) is 11.9 Å². The fraction of sp³-hybridized carbons (Fsp3) is 0.235. The van der Waals surface area contributed by atoms with Crippen LogP contribution in [0, 0.1) is 13.8 Å². The molecule has 7 heteroatoms. The molecule has 0 fully saturated rings.